The number of nitrogens with one attached hydrogen (secondary N) is 1. The van der Waals surface area contributed by atoms with Gasteiger partial charge in [0.1, 0.15) is 0 Å². The van der Waals surface area contributed by atoms with E-state index in [1.807, 2.05) is 43.3 Å². The van der Waals surface area contributed by atoms with Crippen molar-refractivity contribution in [2.24, 2.45) is 5.10 Å². The number of halogens is 1. The van der Waals surface area contributed by atoms with Gasteiger partial charge in [0.15, 0.2) is 28.8 Å². The second-order valence-corrected chi connectivity index (χ2v) is 6.83. The summed E-state index contributed by atoms with van der Waals surface area (Å²) in [4.78, 5) is 0. The maximum atomic E-state index is 5.98. The van der Waals surface area contributed by atoms with Crippen molar-refractivity contribution in [2.75, 3.05) is 19.6 Å². The first-order valence-corrected chi connectivity index (χ1v) is 9.48. The topological polar surface area (TPSA) is 85.9 Å². The molecule has 0 aliphatic rings. The highest BCUT2D eigenvalue weighted by Crippen LogP contribution is 2.28. The van der Waals surface area contributed by atoms with Crippen LogP contribution in [-0.4, -0.2) is 39.7 Å². The van der Waals surface area contributed by atoms with E-state index in [-0.39, 0.29) is 0 Å². The van der Waals surface area contributed by atoms with Gasteiger partial charge in [0, 0.05) is 16.1 Å². The van der Waals surface area contributed by atoms with Gasteiger partial charge in [-0.3, -0.25) is 5.43 Å². The molecule has 9 heteroatoms. The third-order valence-electron chi connectivity index (χ3n) is 4.50. The van der Waals surface area contributed by atoms with Gasteiger partial charge in [-0.1, -0.05) is 11.6 Å². The molecule has 2 heterocycles. The van der Waals surface area contributed by atoms with Crippen LogP contribution in [0.5, 0.6) is 11.5 Å². The number of hydrogen-bond donors (Lipinski definition) is 1. The van der Waals surface area contributed by atoms with Crippen LogP contribution in [-0.2, 0) is 0 Å². The van der Waals surface area contributed by atoms with Gasteiger partial charge in [0.05, 0.1) is 19.9 Å². The molecule has 0 radical (unpaired) electrons. The summed E-state index contributed by atoms with van der Waals surface area (Å²) in [6, 6.07) is 16.6. The zero-order valence-electron chi connectivity index (χ0n) is 16.6. The van der Waals surface area contributed by atoms with E-state index in [1.54, 1.807) is 36.9 Å². The van der Waals surface area contributed by atoms with Crippen LogP contribution >= 0.6 is 11.6 Å². The summed E-state index contributed by atoms with van der Waals surface area (Å²) in [5.74, 6) is 2.47. The average Bonchev–Trinajstić information content (AvgIpc) is 3.20. The number of aromatic nitrogens is 4. The number of anilines is 1. The molecule has 0 aliphatic heterocycles. The Bertz CT molecular complexity index is 1220. The van der Waals surface area contributed by atoms with Crippen molar-refractivity contribution < 1.29 is 9.47 Å². The maximum Gasteiger partial charge on any atom is 0.185 e. The predicted octanol–water partition coefficient (Wildman–Crippen LogP) is 4.30. The van der Waals surface area contributed by atoms with Gasteiger partial charge in [-0.05, 0) is 61.5 Å². The minimum atomic E-state index is 0.553. The minimum Gasteiger partial charge on any atom is -0.493 e. The van der Waals surface area contributed by atoms with Crippen LogP contribution in [0.4, 0.5) is 5.82 Å². The molecule has 1 N–H and O–H groups in total. The van der Waals surface area contributed by atoms with Crippen LogP contribution in [0.2, 0.25) is 5.02 Å². The zero-order valence-corrected chi connectivity index (χ0v) is 17.4. The van der Waals surface area contributed by atoms with Crippen LogP contribution in [0.25, 0.3) is 17.0 Å². The Morgan fingerprint density at radius 3 is 2.47 bits per heavy atom. The Labute approximate surface area is 178 Å². The smallest absolute Gasteiger partial charge is 0.185 e. The molecule has 0 aliphatic carbocycles. The molecule has 0 atom stereocenters. The number of ether oxygens (including phenoxy) is 2. The lowest BCUT2D eigenvalue weighted by molar-refractivity contribution is 0.355. The lowest BCUT2D eigenvalue weighted by atomic mass is 10.1. The lowest BCUT2D eigenvalue weighted by Gasteiger charge is -2.09. The minimum absolute atomic E-state index is 0.553. The summed E-state index contributed by atoms with van der Waals surface area (Å²) in [6.07, 6.45) is 0. The molecule has 2 aromatic heterocycles. The third kappa shape index (κ3) is 3.90. The van der Waals surface area contributed by atoms with Crippen LogP contribution < -0.4 is 14.9 Å². The standard InChI is InChI=1S/C21H19ClN6O2/c1-13(15-6-9-17(29-2)18(12-15)30-3)23-24-19-10-11-20-25-26-21(28(20)27-19)14-4-7-16(22)8-5-14/h4-12H,1-3H3,(H,24,27)/b23-13+. The Morgan fingerprint density at radius 1 is 0.967 bits per heavy atom. The number of methoxy groups -OCH3 is 2. The fourth-order valence-electron chi connectivity index (χ4n) is 2.89. The molecule has 0 saturated carbocycles. The SMILES string of the molecule is COc1ccc(/C(C)=N/Nc2ccc3nnc(-c4ccc(Cl)cc4)n3n2)cc1OC. The largest absolute Gasteiger partial charge is 0.493 e. The van der Waals surface area contributed by atoms with Crippen LogP contribution in [0, 0.1) is 0 Å². The van der Waals surface area contributed by atoms with E-state index in [0.29, 0.717) is 33.8 Å². The molecule has 30 heavy (non-hydrogen) atoms. The number of hydrazone groups is 1. The first kappa shape index (κ1) is 19.7. The van der Waals surface area contributed by atoms with Gasteiger partial charge in [-0.25, -0.2) is 0 Å². The molecule has 4 rings (SSSR count). The fourth-order valence-corrected chi connectivity index (χ4v) is 3.02. The van der Waals surface area contributed by atoms with E-state index in [1.165, 1.54) is 0 Å². The van der Waals surface area contributed by atoms with Gasteiger partial charge in [-0.2, -0.15) is 9.62 Å². The van der Waals surface area contributed by atoms with Gasteiger partial charge >= 0.3 is 0 Å². The quantitative estimate of drug-likeness (QED) is 0.368. The molecule has 152 valence electrons. The van der Waals surface area contributed by atoms with Crippen LogP contribution in [0.1, 0.15) is 12.5 Å². The Morgan fingerprint density at radius 2 is 1.73 bits per heavy atom. The van der Waals surface area contributed by atoms with Crippen molar-refractivity contribution in [3.8, 4) is 22.9 Å². The monoisotopic (exact) mass is 422 g/mol. The van der Waals surface area contributed by atoms with E-state index in [2.05, 4.69) is 25.8 Å². The highest BCUT2D eigenvalue weighted by atomic mass is 35.5. The molecule has 8 nitrogen and oxygen atoms in total. The van der Waals surface area contributed by atoms with E-state index in [0.717, 1.165) is 16.8 Å². The molecule has 0 bridgehead atoms. The van der Waals surface area contributed by atoms with Crippen LogP contribution in [0.15, 0.2) is 59.7 Å². The molecule has 0 amide bonds. The fraction of sp³-hybridized carbons (Fsp3) is 0.143. The second-order valence-electron chi connectivity index (χ2n) is 6.40. The molecular formula is C21H19ClN6O2. The van der Waals surface area contributed by atoms with E-state index < -0.39 is 0 Å². The highest BCUT2D eigenvalue weighted by molar-refractivity contribution is 6.30. The van der Waals surface area contributed by atoms with Crippen molar-refractivity contribution in [2.45, 2.75) is 6.92 Å². The maximum absolute atomic E-state index is 5.98. The summed E-state index contributed by atoms with van der Waals surface area (Å²) in [5.41, 5.74) is 6.14. The molecular weight excluding hydrogens is 404 g/mol. The molecule has 0 fully saturated rings. The van der Waals surface area contributed by atoms with E-state index >= 15 is 0 Å². The predicted molar refractivity (Wildman–Crippen MR) is 117 cm³/mol. The summed E-state index contributed by atoms with van der Waals surface area (Å²) in [7, 11) is 3.20. The van der Waals surface area contributed by atoms with Crippen molar-refractivity contribution in [3.05, 3.63) is 65.2 Å². The summed E-state index contributed by atoms with van der Waals surface area (Å²) >= 11 is 5.98. The third-order valence-corrected chi connectivity index (χ3v) is 4.76. The number of benzene rings is 2. The number of fused-ring (bicyclic) bond motifs is 1. The Balaban J connectivity index is 1.61. The van der Waals surface area contributed by atoms with Crippen molar-refractivity contribution in [1.29, 1.82) is 0 Å². The average molecular weight is 423 g/mol. The lowest BCUT2D eigenvalue weighted by Crippen LogP contribution is -2.04. The zero-order chi connectivity index (χ0) is 21.1. The van der Waals surface area contributed by atoms with E-state index in [4.69, 9.17) is 21.1 Å². The first-order chi connectivity index (χ1) is 14.6. The van der Waals surface area contributed by atoms with E-state index in [9.17, 15) is 0 Å². The number of nitrogens with zero attached hydrogens (tertiary/aromatic N) is 5. The molecule has 0 unspecified atom stereocenters. The Kier molecular flexibility index (Phi) is 5.49. The van der Waals surface area contributed by atoms with Crippen molar-refractivity contribution >= 4 is 28.8 Å². The Hall–Kier alpha value is -3.65. The molecule has 0 saturated heterocycles. The van der Waals surface area contributed by atoms with Gasteiger partial charge in [-0.15, -0.1) is 15.3 Å². The van der Waals surface area contributed by atoms with Gasteiger partial charge < -0.3 is 9.47 Å². The number of hydrogen-bond acceptors (Lipinski definition) is 7. The second kappa shape index (κ2) is 8.38. The number of rotatable bonds is 6. The molecule has 0 spiro atoms. The summed E-state index contributed by atoms with van der Waals surface area (Å²) in [5, 5.41) is 18.0. The van der Waals surface area contributed by atoms with Crippen molar-refractivity contribution in [3.63, 3.8) is 0 Å². The van der Waals surface area contributed by atoms with Crippen LogP contribution in [0.3, 0.4) is 0 Å². The summed E-state index contributed by atoms with van der Waals surface area (Å²) in [6.45, 7) is 1.89. The molecule has 2 aromatic carbocycles. The van der Waals surface area contributed by atoms with Gasteiger partial charge in [0.2, 0.25) is 0 Å². The summed E-state index contributed by atoms with van der Waals surface area (Å²) < 4.78 is 12.3. The highest BCUT2D eigenvalue weighted by Gasteiger charge is 2.10. The normalized spacial score (nSPS) is 11.5. The van der Waals surface area contributed by atoms with Crippen molar-refractivity contribution in [1.82, 2.24) is 19.8 Å². The van der Waals surface area contributed by atoms with Gasteiger partial charge in [0.25, 0.3) is 0 Å². The molecule has 4 aromatic rings. The first-order valence-electron chi connectivity index (χ1n) is 9.10.